The maximum Gasteiger partial charge on any atom is 0.126 e. The van der Waals surface area contributed by atoms with E-state index in [2.05, 4.69) is 4.90 Å². The maximum atomic E-state index is 13.1. The van der Waals surface area contributed by atoms with Gasteiger partial charge in [0, 0.05) is 25.2 Å². The Morgan fingerprint density at radius 1 is 1.32 bits per heavy atom. The summed E-state index contributed by atoms with van der Waals surface area (Å²) < 4.78 is 26.2. The summed E-state index contributed by atoms with van der Waals surface area (Å²) in [6.07, 6.45) is 2.25. The molecule has 5 heteroatoms. The Kier molecular flexibility index (Phi) is 6.17. The molecule has 1 aliphatic rings. The van der Waals surface area contributed by atoms with E-state index in [1.165, 1.54) is 12.1 Å². The van der Waals surface area contributed by atoms with Crippen LogP contribution < -0.4 is 5.73 Å². The SMILES string of the molecule is CC(N)C1CCCN(Cc2cc(F)cc(F)c2)C1.Cl. The van der Waals surface area contributed by atoms with Gasteiger partial charge in [-0.3, -0.25) is 4.90 Å². The van der Waals surface area contributed by atoms with Gasteiger partial charge < -0.3 is 5.73 Å². The first kappa shape index (κ1) is 16.3. The van der Waals surface area contributed by atoms with Crippen LogP contribution in [-0.4, -0.2) is 24.0 Å². The van der Waals surface area contributed by atoms with Gasteiger partial charge in [-0.1, -0.05) is 0 Å². The molecule has 2 atom stereocenters. The summed E-state index contributed by atoms with van der Waals surface area (Å²) in [4.78, 5) is 2.23. The molecule has 1 aromatic rings. The number of piperidine rings is 1. The van der Waals surface area contributed by atoms with Crippen molar-refractivity contribution in [3.8, 4) is 0 Å². The predicted octanol–water partition coefficient (Wildman–Crippen LogP) is 2.95. The first-order valence-corrected chi connectivity index (χ1v) is 6.47. The fourth-order valence-electron chi connectivity index (χ4n) is 2.62. The lowest BCUT2D eigenvalue weighted by molar-refractivity contribution is 0.154. The van der Waals surface area contributed by atoms with Gasteiger partial charge in [0.1, 0.15) is 11.6 Å². The van der Waals surface area contributed by atoms with Gasteiger partial charge in [0.25, 0.3) is 0 Å². The lowest BCUT2D eigenvalue weighted by atomic mass is 9.92. The normalized spacial score (nSPS) is 21.8. The fourth-order valence-corrected chi connectivity index (χ4v) is 2.62. The highest BCUT2D eigenvalue weighted by molar-refractivity contribution is 5.85. The summed E-state index contributed by atoms with van der Waals surface area (Å²) in [6, 6.07) is 3.89. The van der Waals surface area contributed by atoms with Gasteiger partial charge in [0.2, 0.25) is 0 Å². The topological polar surface area (TPSA) is 29.3 Å². The molecular weight excluding hydrogens is 270 g/mol. The standard InChI is InChI=1S/C14H20F2N2.ClH/c1-10(17)12-3-2-4-18(9-12)8-11-5-13(15)7-14(16)6-11;/h5-7,10,12H,2-4,8-9,17H2,1H3;1H. The number of likely N-dealkylation sites (tertiary alicyclic amines) is 1. The molecule has 0 radical (unpaired) electrons. The second-order valence-corrected chi connectivity index (χ2v) is 5.27. The predicted molar refractivity (Wildman–Crippen MR) is 75.3 cm³/mol. The molecule has 0 aromatic heterocycles. The maximum absolute atomic E-state index is 13.1. The molecule has 0 bridgehead atoms. The van der Waals surface area contributed by atoms with Crippen LogP contribution in [0.4, 0.5) is 8.78 Å². The van der Waals surface area contributed by atoms with Crippen molar-refractivity contribution in [2.75, 3.05) is 13.1 Å². The molecule has 0 spiro atoms. The van der Waals surface area contributed by atoms with Crippen LogP contribution in [-0.2, 0) is 6.54 Å². The summed E-state index contributed by atoms with van der Waals surface area (Å²) in [5, 5.41) is 0. The molecule has 1 aliphatic heterocycles. The van der Waals surface area contributed by atoms with Gasteiger partial charge in [-0.2, -0.15) is 0 Å². The third-order valence-electron chi connectivity index (χ3n) is 3.61. The number of hydrogen-bond acceptors (Lipinski definition) is 2. The molecule has 1 aromatic carbocycles. The van der Waals surface area contributed by atoms with Crippen molar-refractivity contribution in [2.24, 2.45) is 11.7 Å². The second-order valence-electron chi connectivity index (χ2n) is 5.27. The van der Waals surface area contributed by atoms with Gasteiger partial charge in [0.05, 0.1) is 0 Å². The molecule has 2 nitrogen and oxygen atoms in total. The van der Waals surface area contributed by atoms with E-state index in [4.69, 9.17) is 5.73 Å². The number of nitrogens with two attached hydrogens (primary N) is 1. The first-order chi connectivity index (χ1) is 8.54. The third-order valence-corrected chi connectivity index (χ3v) is 3.61. The Balaban J connectivity index is 0.00000180. The molecule has 2 unspecified atom stereocenters. The van der Waals surface area contributed by atoms with Crippen LogP contribution in [0.2, 0.25) is 0 Å². The van der Waals surface area contributed by atoms with Gasteiger partial charge in [-0.25, -0.2) is 8.78 Å². The summed E-state index contributed by atoms with van der Waals surface area (Å²) in [6.45, 7) is 4.51. The van der Waals surface area contributed by atoms with Gasteiger partial charge in [0.15, 0.2) is 0 Å². The monoisotopic (exact) mass is 290 g/mol. The van der Waals surface area contributed by atoms with Crippen molar-refractivity contribution >= 4 is 12.4 Å². The molecule has 2 rings (SSSR count). The van der Waals surface area contributed by atoms with Crippen molar-refractivity contribution < 1.29 is 8.78 Å². The Bertz CT molecular complexity index is 392. The molecule has 0 amide bonds. The smallest absolute Gasteiger partial charge is 0.126 e. The van der Waals surface area contributed by atoms with Gasteiger partial charge >= 0.3 is 0 Å². The summed E-state index contributed by atoms with van der Waals surface area (Å²) >= 11 is 0. The van der Waals surface area contributed by atoms with Gasteiger partial charge in [-0.05, 0) is 49.9 Å². The van der Waals surface area contributed by atoms with E-state index in [9.17, 15) is 8.78 Å². The zero-order valence-electron chi connectivity index (χ0n) is 11.1. The highest BCUT2D eigenvalue weighted by atomic mass is 35.5. The van der Waals surface area contributed by atoms with E-state index in [-0.39, 0.29) is 18.4 Å². The zero-order chi connectivity index (χ0) is 13.1. The van der Waals surface area contributed by atoms with E-state index >= 15 is 0 Å². The molecule has 1 fully saturated rings. The minimum absolute atomic E-state index is 0. The number of nitrogens with zero attached hydrogens (tertiary/aromatic N) is 1. The van der Waals surface area contributed by atoms with E-state index in [1.54, 1.807) is 0 Å². The van der Waals surface area contributed by atoms with E-state index < -0.39 is 11.6 Å². The van der Waals surface area contributed by atoms with E-state index in [0.717, 1.165) is 32.0 Å². The van der Waals surface area contributed by atoms with Crippen LogP contribution in [0, 0.1) is 17.6 Å². The number of rotatable bonds is 3. The lowest BCUT2D eigenvalue weighted by Gasteiger charge is -2.34. The molecular formula is C14H21ClF2N2. The average molecular weight is 291 g/mol. The Morgan fingerprint density at radius 3 is 2.53 bits per heavy atom. The van der Waals surface area contributed by atoms with Crippen molar-refractivity contribution in [1.82, 2.24) is 4.90 Å². The highest BCUT2D eigenvalue weighted by Crippen LogP contribution is 2.21. The second kappa shape index (κ2) is 7.17. The van der Waals surface area contributed by atoms with Crippen LogP contribution in [0.1, 0.15) is 25.3 Å². The number of halogens is 3. The van der Waals surface area contributed by atoms with Crippen LogP contribution >= 0.6 is 12.4 Å². The van der Waals surface area contributed by atoms with Crippen molar-refractivity contribution in [3.05, 3.63) is 35.4 Å². The lowest BCUT2D eigenvalue weighted by Crippen LogP contribution is -2.41. The largest absolute Gasteiger partial charge is 0.328 e. The highest BCUT2D eigenvalue weighted by Gasteiger charge is 2.22. The number of hydrogen-bond donors (Lipinski definition) is 1. The molecule has 1 heterocycles. The molecule has 108 valence electrons. The first-order valence-electron chi connectivity index (χ1n) is 6.47. The minimum atomic E-state index is -0.509. The molecule has 0 saturated carbocycles. The Labute approximate surface area is 119 Å². The van der Waals surface area contributed by atoms with Crippen LogP contribution in [0.15, 0.2) is 18.2 Å². The minimum Gasteiger partial charge on any atom is -0.328 e. The third kappa shape index (κ3) is 4.71. The Hall–Kier alpha value is -0.710. The fraction of sp³-hybridized carbons (Fsp3) is 0.571. The summed E-state index contributed by atoms with van der Waals surface area (Å²) in [7, 11) is 0. The van der Waals surface area contributed by atoms with Crippen molar-refractivity contribution in [3.63, 3.8) is 0 Å². The van der Waals surface area contributed by atoms with Crippen LogP contribution in [0.25, 0.3) is 0 Å². The van der Waals surface area contributed by atoms with Crippen LogP contribution in [0.3, 0.4) is 0 Å². The molecule has 2 N–H and O–H groups in total. The molecule has 0 aliphatic carbocycles. The number of benzene rings is 1. The average Bonchev–Trinajstić information content (AvgIpc) is 2.27. The quantitative estimate of drug-likeness (QED) is 0.927. The van der Waals surface area contributed by atoms with Crippen molar-refractivity contribution in [2.45, 2.75) is 32.4 Å². The van der Waals surface area contributed by atoms with Crippen molar-refractivity contribution in [1.29, 1.82) is 0 Å². The van der Waals surface area contributed by atoms with E-state index in [0.29, 0.717) is 18.0 Å². The zero-order valence-corrected chi connectivity index (χ0v) is 11.9. The molecule has 19 heavy (non-hydrogen) atoms. The van der Waals surface area contributed by atoms with E-state index in [1.807, 2.05) is 6.92 Å². The Morgan fingerprint density at radius 2 is 1.95 bits per heavy atom. The molecule has 1 saturated heterocycles. The summed E-state index contributed by atoms with van der Waals surface area (Å²) in [5.74, 6) is -0.534. The summed E-state index contributed by atoms with van der Waals surface area (Å²) in [5.41, 5.74) is 6.62. The van der Waals surface area contributed by atoms with Crippen LogP contribution in [0.5, 0.6) is 0 Å². The van der Waals surface area contributed by atoms with Gasteiger partial charge in [-0.15, -0.1) is 12.4 Å².